The molecular formula is C21H28N4OS. The molecule has 1 aromatic heterocycles. The Morgan fingerprint density at radius 1 is 1.19 bits per heavy atom. The second-order valence-corrected chi connectivity index (χ2v) is 7.89. The van der Waals surface area contributed by atoms with Crippen molar-refractivity contribution in [1.82, 2.24) is 14.5 Å². The van der Waals surface area contributed by atoms with Gasteiger partial charge in [0.2, 0.25) is 0 Å². The molecule has 1 aliphatic rings. The van der Waals surface area contributed by atoms with E-state index in [0.717, 1.165) is 45.0 Å². The van der Waals surface area contributed by atoms with Gasteiger partial charge in [-0.05, 0) is 18.7 Å². The molecule has 1 aromatic carbocycles. The molecule has 1 fully saturated rings. The molecule has 0 N–H and O–H groups in total. The van der Waals surface area contributed by atoms with Crippen LogP contribution in [-0.4, -0.2) is 59.2 Å². The van der Waals surface area contributed by atoms with E-state index >= 15 is 0 Å². The molecule has 0 unspecified atom stereocenters. The quantitative estimate of drug-likeness (QED) is 0.734. The second kappa shape index (κ2) is 9.76. The molecular weight excluding hydrogens is 356 g/mol. The summed E-state index contributed by atoms with van der Waals surface area (Å²) >= 11 is 1.75. The third-order valence-corrected chi connectivity index (χ3v) is 5.38. The minimum atomic E-state index is 0.0279. The van der Waals surface area contributed by atoms with Crippen molar-refractivity contribution in [3.63, 3.8) is 0 Å². The van der Waals surface area contributed by atoms with Crippen LogP contribution in [0.3, 0.4) is 0 Å². The van der Waals surface area contributed by atoms with Crippen LogP contribution in [0.2, 0.25) is 0 Å². The van der Waals surface area contributed by atoms with E-state index < -0.39 is 0 Å². The van der Waals surface area contributed by atoms with E-state index in [1.807, 2.05) is 6.07 Å². The van der Waals surface area contributed by atoms with E-state index in [2.05, 4.69) is 58.3 Å². The van der Waals surface area contributed by atoms with E-state index in [1.54, 1.807) is 28.7 Å². The summed E-state index contributed by atoms with van der Waals surface area (Å²) in [7, 11) is 0. The smallest absolute Gasteiger partial charge is 0.293 e. The molecule has 6 heteroatoms. The fraction of sp³-hybridized carbons (Fsp3) is 0.429. The van der Waals surface area contributed by atoms with Crippen molar-refractivity contribution in [1.29, 1.82) is 0 Å². The normalized spacial score (nSPS) is 15.9. The van der Waals surface area contributed by atoms with Gasteiger partial charge >= 0.3 is 0 Å². The molecule has 0 radical (unpaired) electrons. The largest absolute Gasteiger partial charge is 0.349 e. The first-order valence-electron chi connectivity index (χ1n) is 9.41. The Hall–Kier alpha value is -2.05. The van der Waals surface area contributed by atoms with Crippen LogP contribution in [0.4, 0.5) is 5.82 Å². The molecule has 27 heavy (non-hydrogen) atoms. The number of rotatable bonds is 7. The maximum Gasteiger partial charge on any atom is 0.293 e. The average Bonchev–Trinajstić information content (AvgIpc) is 2.69. The summed E-state index contributed by atoms with van der Waals surface area (Å²) in [6.07, 6.45) is 7.84. The summed E-state index contributed by atoms with van der Waals surface area (Å²) in [5, 5.41) is 0. The lowest BCUT2D eigenvalue weighted by molar-refractivity contribution is 0.278. The lowest BCUT2D eigenvalue weighted by Gasteiger charge is -2.35. The third-order valence-electron chi connectivity index (χ3n) is 4.79. The Morgan fingerprint density at radius 3 is 2.63 bits per heavy atom. The van der Waals surface area contributed by atoms with Crippen LogP contribution in [0, 0.1) is 0 Å². The molecule has 5 nitrogen and oxygen atoms in total. The Morgan fingerprint density at radius 2 is 1.93 bits per heavy atom. The Bertz CT molecular complexity index is 810. The Balaban J connectivity index is 1.58. The molecule has 0 spiro atoms. The van der Waals surface area contributed by atoms with Crippen LogP contribution in [0.25, 0.3) is 6.08 Å². The number of aromatic nitrogens is 2. The van der Waals surface area contributed by atoms with Gasteiger partial charge in [-0.2, -0.15) is 11.8 Å². The van der Waals surface area contributed by atoms with Gasteiger partial charge in [-0.1, -0.05) is 42.0 Å². The molecule has 0 bridgehead atoms. The first-order chi connectivity index (χ1) is 13.2. The number of thioether (sulfide) groups is 1. The van der Waals surface area contributed by atoms with Gasteiger partial charge in [-0.25, -0.2) is 4.98 Å². The van der Waals surface area contributed by atoms with Crippen LogP contribution in [0.5, 0.6) is 0 Å². The number of piperazine rings is 1. The second-order valence-electron chi connectivity index (χ2n) is 6.91. The first-order valence-corrected chi connectivity index (χ1v) is 10.8. The molecule has 0 aliphatic carbocycles. The maximum absolute atomic E-state index is 12.7. The van der Waals surface area contributed by atoms with Crippen molar-refractivity contribution in [3.8, 4) is 0 Å². The number of benzene rings is 1. The highest BCUT2D eigenvalue weighted by atomic mass is 32.2. The van der Waals surface area contributed by atoms with Crippen molar-refractivity contribution in [3.05, 3.63) is 64.2 Å². The number of hydrogen-bond donors (Lipinski definition) is 0. The third kappa shape index (κ3) is 5.47. The minimum absolute atomic E-state index is 0.0279. The van der Waals surface area contributed by atoms with E-state index in [9.17, 15) is 4.79 Å². The van der Waals surface area contributed by atoms with Gasteiger partial charge in [0, 0.05) is 57.4 Å². The van der Waals surface area contributed by atoms with E-state index in [1.165, 1.54) is 11.1 Å². The minimum Gasteiger partial charge on any atom is -0.349 e. The molecule has 0 atom stereocenters. The molecule has 2 heterocycles. The van der Waals surface area contributed by atoms with Gasteiger partial charge in [0.05, 0.1) is 0 Å². The predicted octanol–water partition coefficient (Wildman–Crippen LogP) is 2.83. The van der Waals surface area contributed by atoms with Crippen molar-refractivity contribution in [2.24, 2.45) is 0 Å². The summed E-state index contributed by atoms with van der Waals surface area (Å²) in [6.45, 7) is 7.45. The summed E-state index contributed by atoms with van der Waals surface area (Å²) in [4.78, 5) is 21.6. The predicted molar refractivity (Wildman–Crippen MR) is 116 cm³/mol. The van der Waals surface area contributed by atoms with Crippen molar-refractivity contribution >= 4 is 23.7 Å². The highest BCUT2D eigenvalue weighted by molar-refractivity contribution is 7.98. The zero-order valence-corrected chi connectivity index (χ0v) is 17.0. The topological polar surface area (TPSA) is 41.4 Å². The first kappa shape index (κ1) is 19.7. The lowest BCUT2D eigenvalue weighted by atomic mass is 10.1. The number of aryl methyl sites for hydroxylation is 1. The molecule has 1 aliphatic heterocycles. The van der Waals surface area contributed by atoms with Crippen LogP contribution in [0.15, 0.2) is 53.1 Å². The van der Waals surface area contributed by atoms with Crippen LogP contribution in [0.1, 0.15) is 12.5 Å². The molecule has 2 aromatic rings. The summed E-state index contributed by atoms with van der Waals surface area (Å²) in [5.41, 5.74) is 2.62. The molecule has 3 rings (SSSR count). The highest BCUT2D eigenvalue weighted by Gasteiger charge is 2.20. The van der Waals surface area contributed by atoms with Gasteiger partial charge in [0.25, 0.3) is 5.56 Å². The average molecular weight is 385 g/mol. The standard InChI is InChI=1S/C21H28N4OS/c1-18(16-19-6-4-3-5-7-19)17-23-10-12-24(13-11-23)20-21(26)25(9-8-22-20)14-15-27-2/h3-9,16H,10-15,17H2,1-2H3. The molecule has 0 amide bonds. The summed E-state index contributed by atoms with van der Waals surface area (Å²) in [5.74, 6) is 1.53. The fourth-order valence-corrected chi connectivity index (χ4v) is 3.75. The number of hydrogen-bond acceptors (Lipinski definition) is 5. The van der Waals surface area contributed by atoms with Gasteiger partial charge in [-0.15, -0.1) is 0 Å². The van der Waals surface area contributed by atoms with Gasteiger partial charge in [0.15, 0.2) is 5.82 Å². The van der Waals surface area contributed by atoms with Gasteiger partial charge in [-0.3, -0.25) is 9.69 Å². The van der Waals surface area contributed by atoms with E-state index in [-0.39, 0.29) is 5.56 Å². The van der Waals surface area contributed by atoms with Crippen LogP contribution >= 0.6 is 11.8 Å². The fourth-order valence-electron chi connectivity index (χ4n) is 3.37. The van der Waals surface area contributed by atoms with Crippen molar-refractivity contribution in [2.45, 2.75) is 13.5 Å². The Labute approximate surface area is 165 Å². The maximum atomic E-state index is 12.7. The molecule has 0 saturated carbocycles. The monoisotopic (exact) mass is 384 g/mol. The van der Waals surface area contributed by atoms with E-state index in [0.29, 0.717) is 5.82 Å². The lowest BCUT2D eigenvalue weighted by Crippen LogP contribution is -2.49. The highest BCUT2D eigenvalue weighted by Crippen LogP contribution is 2.12. The summed E-state index contributed by atoms with van der Waals surface area (Å²) in [6, 6.07) is 10.4. The summed E-state index contributed by atoms with van der Waals surface area (Å²) < 4.78 is 1.78. The van der Waals surface area contributed by atoms with Crippen molar-refractivity contribution < 1.29 is 0 Å². The Kier molecular flexibility index (Phi) is 7.12. The van der Waals surface area contributed by atoms with Crippen LogP contribution in [-0.2, 0) is 6.54 Å². The van der Waals surface area contributed by atoms with Crippen molar-refractivity contribution in [2.75, 3.05) is 49.6 Å². The molecule has 144 valence electrons. The zero-order chi connectivity index (χ0) is 19.1. The number of anilines is 1. The van der Waals surface area contributed by atoms with Gasteiger partial charge < -0.3 is 9.47 Å². The van der Waals surface area contributed by atoms with E-state index in [4.69, 9.17) is 0 Å². The SMILES string of the molecule is CSCCn1ccnc(N2CCN(CC(C)=Cc3ccccc3)CC2)c1=O. The molecule has 1 saturated heterocycles. The zero-order valence-electron chi connectivity index (χ0n) is 16.2. The van der Waals surface area contributed by atoms with Crippen LogP contribution < -0.4 is 10.5 Å². The number of nitrogens with zero attached hydrogens (tertiary/aromatic N) is 4. The van der Waals surface area contributed by atoms with Gasteiger partial charge in [0.1, 0.15) is 0 Å².